The van der Waals surface area contributed by atoms with Crippen molar-refractivity contribution >= 4 is 44.1 Å². The minimum Gasteiger partial charge on any atom is -0.493 e. The average molecular weight is 588 g/mol. The number of nitrogens with one attached hydrogen (secondary N) is 1. The second-order valence-corrected chi connectivity index (χ2v) is 10.5. The summed E-state index contributed by atoms with van der Waals surface area (Å²) in [4.78, 5) is 22.9. The van der Waals surface area contributed by atoms with Gasteiger partial charge in [-0.05, 0) is 83.7 Å². The van der Waals surface area contributed by atoms with E-state index in [1.165, 1.54) is 16.9 Å². The van der Waals surface area contributed by atoms with E-state index in [1.54, 1.807) is 18.4 Å². The molecule has 0 spiro atoms. The Morgan fingerprint density at radius 2 is 2.00 bits per heavy atom. The molecule has 3 heterocycles. The molecule has 7 nitrogen and oxygen atoms in total. The summed E-state index contributed by atoms with van der Waals surface area (Å²) in [5.74, 6) is 3.22. The maximum Gasteiger partial charge on any atom is 0.260 e. The van der Waals surface area contributed by atoms with Gasteiger partial charge in [0.1, 0.15) is 17.3 Å². The van der Waals surface area contributed by atoms with Crippen LogP contribution in [0.2, 0.25) is 0 Å². The first kappa shape index (κ1) is 21.7. The molecule has 1 aliphatic heterocycles. The largest absolute Gasteiger partial charge is 0.493 e. The number of thiophene rings is 1. The Morgan fingerprint density at radius 1 is 1.15 bits per heavy atom. The summed E-state index contributed by atoms with van der Waals surface area (Å²) >= 11 is 3.87. The van der Waals surface area contributed by atoms with Crippen molar-refractivity contribution < 1.29 is 18.9 Å². The lowest BCUT2D eigenvalue weighted by Crippen LogP contribution is -2.11. The van der Waals surface area contributed by atoms with Crippen LogP contribution in [-0.2, 0) is 19.4 Å². The number of fused-ring (bicyclic) bond motifs is 4. The van der Waals surface area contributed by atoms with Crippen molar-refractivity contribution in [2.75, 3.05) is 13.9 Å². The fraction of sp³-hybridized carbons (Fsp3) is 0.280. The number of rotatable bonds is 5. The molecular formula is C25H21IN2O5S. The molecule has 9 heteroatoms. The van der Waals surface area contributed by atoms with Crippen LogP contribution < -0.4 is 24.5 Å². The van der Waals surface area contributed by atoms with Crippen LogP contribution in [0.1, 0.15) is 28.8 Å². The molecule has 0 bridgehead atoms. The van der Waals surface area contributed by atoms with Crippen LogP contribution in [0.25, 0.3) is 21.6 Å². The van der Waals surface area contributed by atoms with E-state index in [1.807, 2.05) is 30.3 Å². The molecule has 0 fully saturated rings. The zero-order chi connectivity index (χ0) is 23.2. The quantitative estimate of drug-likeness (QED) is 0.313. The van der Waals surface area contributed by atoms with E-state index in [2.05, 4.69) is 27.6 Å². The molecule has 0 atom stereocenters. The molecule has 174 valence electrons. The number of aromatic amines is 1. The van der Waals surface area contributed by atoms with Gasteiger partial charge >= 0.3 is 0 Å². The van der Waals surface area contributed by atoms with Gasteiger partial charge in [0.05, 0.1) is 16.1 Å². The number of halogens is 1. The van der Waals surface area contributed by atoms with Gasteiger partial charge in [0.2, 0.25) is 6.79 Å². The fourth-order valence-corrected chi connectivity index (χ4v) is 6.50. The zero-order valence-electron chi connectivity index (χ0n) is 18.4. The molecule has 0 saturated heterocycles. The normalized spacial score (nSPS) is 14.3. The molecule has 0 unspecified atom stereocenters. The highest BCUT2D eigenvalue weighted by molar-refractivity contribution is 14.1. The van der Waals surface area contributed by atoms with Gasteiger partial charge in [0, 0.05) is 10.4 Å². The number of benzene rings is 2. The van der Waals surface area contributed by atoms with Crippen molar-refractivity contribution in [3.05, 3.63) is 60.3 Å². The van der Waals surface area contributed by atoms with E-state index < -0.39 is 0 Å². The van der Waals surface area contributed by atoms with Crippen molar-refractivity contribution in [1.82, 2.24) is 9.97 Å². The maximum absolute atomic E-state index is 13.0. The molecule has 1 aliphatic carbocycles. The number of hydrogen-bond acceptors (Lipinski definition) is 7. The fourth-order valence-electron chi connectivity index (χ4n) is 4.48. The molecule has 0 saturated carbocycles. The minimum atomic E-state index is -0.0727. The summed E-state index contributed by atoms with van der Waals surface area (Å²) in [6, 6.07) is 9.56. The SMILES string of the molecule is COc1cc(-c2nc3sc4c(c3c(=O)[nH]2)CCCC4)cc(I)c1OCc1ccc2c(c1)OCO2. The van der Waals surface area contributed by atoms with Crippen molar-refractivity contribution in [1.29, 1.82) is 0 Å². The summed E-state index contributed by atoms with van der Waals surface area (Å²) in [5, 5.41) is 0.758. The molecule has 4 aromatic rings. The molecule has 1 N–H and O–H groups in total. The maximum atomic E-state index is 13.0. The highest BCUT2D eigenvalue weighted by Crippen LogP contribution is 2.39. The number of H-pyrrole nitrogens is 1. The van der Waals surface area contributed by atoms with Crippen LogP contribution in [0.15, 0.2) is 35.1 Å². The third-order valence-corrected chi connectivity index (χ3v) is 8.14. The Kier molecular flexibility index (Phi) is 5.60. The zero-order valence-corrected chi connectivity index (χ0v) is 21.4. The minimum absolute atomic E-state index is 0.0727. The van der Waals surface area contributed by atoms with Crippen LogP contribution in [-0.4, -0.2) is 23.9 Å². The van der Waals surface area contributed by atoms with Gasteiger partial charge in [-0.15, -0.1) is 11.3 Å². The highest BCUT2D eigenvalue weighted by atomic mass is 127. The topological polar surface area (TPSA) is 82.7 Å². The van der Waals surface area contributed by atoms with Crippen LogP contribution in [0.4, 0.5) is 0 Å². The number of aryl methyl sites for hydroxylation is 2. The van der Waals surface area contributed by atoms with E-state index in [9.17, 15) is 4.79 Å². The van der Waals surface area contributed by atoms with Gasteiger partial charge in [-0.2, -0.15) is 0 Å². The first-order valence-corrected chi connectivity index (χ1v) is 12.9. The molecule has 2 aromatic carbocycles. The second kappa shape index (κ2) is 8.77. The Balaban J connectivity index is 1.32. The first-order chi connectivity index (χ1) is 16.6. The molecule has 2 aromatic heterocycles. The number of ether oxygens (including phenoxy) is 4. The average Bonchev–Trinajstić information content (AvgIpc) is 3.46. The highest BCUT2D eigenvalue weighted by Gasteiger charge is 2.21. The molecule has 6 rings (SSSR count). The third-order valence-electron chi connectivity index (χ3n) is 6.15. The van der Waals surface area contributed by atoms with E-state index in [-0.39, 0.29) is 12.4 Å². The van der Waals surface area contributed by atoms with E-state index in [0.717, 1.165) is 55.7 Å². The lowest BCUT2D eigenvalue weighted by molar-refractivity contribution is 0.174. The Hall–Kier alpha value is -2.79. The lowest BCUT2D eigenvalue weighted by atomic mass is 9.97. The summed E-state index contributed by atoms with van der Waals surface area (Å²) < 4.78 is 23.5. The standard InChI is InChI=1S/C25H21IN2O5S/c1-30-19-10-14(23-27-24(29)21-15-4-2-3-5-20(15)34-25(21)28-23)9-16(26)22(19)31-11-13-6-7-17-18(8-13)33-12-32-17/h6-10H,2-5,11-12H2,1H3,(H,27,28,29). The number of aromatic nitrogens is 2. The van der Waals surface area contributed by atoms with Crippen LogP contribution in [0.3, 0.4) is 0 Å². The Morgan fingerprint density at radius 3 is 2.88 bits per heavy atom. The van der Waals surface area contributed by atoms with Crippen LogP contribution >= 0.6 is 33.9 Å². The van der Waals surface area contributed by atoms with Gasteiger partial charge in [-0.3, -0.25) is 4.79 Å². The van der Waals surface area contributed by atoms with Gasteiger partial charge < -0.3 is 23.9 Å². The summed E-state index contributed by atoms with van der Waals surface area (Å²) in [6.45, 7) is 0.590. The second-order valence-electron chi connectivity index (χ2n) is 8.27. The molecule has 0 radical (unpaired) electrons. The lowest BCUT2D eigenvalue weighted by Gasteiger charge is -2.14. The summed E-state index contributed by atoms with van der Waals surface area (Å²) in [5.41, 5.74) is 2.86. The predicted octanol–water partition coefficient (Wildman–Crippen LogP) is 5.45. The van der Waals surface area contributed by atoms with Gasteiger partial charge in [-0.1, -0.05) is 6.07 Å². The monoisotopic (exact) mass is 588 g/mol. The third kappa shape index (κ3) is 3.80. The first-order valence-electron chi connectivity index (χ1n) is 11.0. The van der Waals surface area contributed by atoms with Crippen molar-refractivity contribution in [3.8, 4) is 34.4 Å². The molecular weight excluding hydrogens is 567 g/mol. The molecule has 2 aliphatic rings. The summed E-state index contributed by atoms with van der Waals surface area (Å²) in [7, 11) is 1.61. The van der Waals surface area contributed by atoms with E-state index in [4.69, 9.17) is 23.9 Å². The van der Waals surface area contributed by atoms with Crippen molar-refractivity contribution in [2.45, 2.75) is 32.3 Å². The predicted molar refractivity (Wildman–Crippen MR) is 138 cm³/mol. The smallest absolute Gasteiger partial charge is 0.260 e. The van der Waals surface area contributed by atoms with Gasteiger partial charge in [0.15, 0.2) is 23.0 Å². The number of hydrogen-bond donors (Lipinski definition) is 1. The Labute approximate surface area is 213 Å². The van der Waals surface area contributed by atoms with E-state index >= 15 is 0 Å². The number of nitrogens with zero attached hydrogens (tertiary/aromatic N) is 1. The summed E-state index contributed by atoms with van der Waals surface area (Å²) in [6.07, 6.45) is 4.30. The molecule has 0 amide bonds. The molecule has 34 heavy (non-hydrogen) atoms. The van der Waals surface area contributed by atoms with E-state index in [0.29, 0.717) is 23.9 Å². The van der Waals surface area contributed by atoms with Gasteiger partial charge in [-0.25, -0.2) is 4.98 Å². The van der Waals surface area contributed by atoms with Crippen LogP contribution in [0.5, 0.6) is 23.0 Å². The van der Waals surface area contributed by atoms with Crippen molar-refractivity contribution in [3.63, 3.8) is 0 Å². The van der Waals surface area contributed by atoms with Crippen LogP contribution in [0, 0.1) is 3.57 Å². The number of methoxy groups -OCH3 is 1. The van der Waals surface area contributed by atoms with Crippen molar-refractivity contribution in [2.24, 2.45) is 0 Å². The Bertz CT molecular complexity index is 1480. The van der Waals surface area contributed by atoms with Gasteiger partial charge in [0.25, 0.3) is 5.56 Å².